The summed E-state index contributed by atoms with van der Waals surface area (Å²) in [7, 11) is 0. The van der Waals surface area contributed by atoms with Gasteiger partial charge in [-0.15, -0.1) is 0 Å². The van der Waals surface area contributed by atoms with Crippen molar-refractivity contribution in [3.8, 4) is 0 Å². The number of amides is 1. The van der Waals surface area contributed by atoms with Gasteiger partial charge in [0, 0.05) is 17.9 Å². The van der Waals surface area contributed by atoms with Crippen LogP contribution in [-0.4, -0.2) is 11.9 Å². The summed E-state index contributed by atoms with van der Waals surface area (Å²) < 4.78 is 13.9. The summed E-state index contributed by atoms with van der Waals surface area (Å²) in [5.41, 5.74) is 1.72. The lowest BCUT2D eigenvalue weighted by Crippen LogP contribution is -2.40. The van der Waals surface area contributed by atoms with Crippen molar-refractivity contribution in [3.63, 3.8) is 0 Å². The third kappa shape index (κ3) is 1.87. The van der Waals surface area contributed by atoms with Crippen LogP contribution in [0.25, 0.3) is 0 Å². The van der Waals surface area contributed by atoms with Crippen LogP contribution in [0.1, 0.15) is 44.2 Å². The van der Waals surface area contributed by atoms with Crippen molar-refractivity contribution in [3.05, 3.63) is 35.1 Å². The van der Waals surface area contributed by atoms with E-state index in [1.54, 1.807) is 6.07 Å². The lowest BCUT2D eigenvalue weighted by molar-refractivity contribution is -0.119. The van der Waals surface area contributed by atoms with Crippen LogP contribution >= 0.6 is 0 Å². The molecule has 1 aliphatic carbocycles. The smallest absolute Gasteiger partial charge is 0.221 e. The SMILES string of the molecule is CC(C)CC1NC(=O)CC12CCc1c(F)cccc12. The summed E-state index contributed by atoms with van der Waals surface area (Å²) in [6.07, 6.45) is 3.12. The Morgan fingerprint density at radius 3 is 3.00 bits per heavy atom. The molecule has 2 atom stereocenters. The number of halogens is 1. The molecule has 19 heavy (non-hydrogen) atoms. The standard InChI is InChI=1S/C16H20FNO/c1-10(2)8-14-16(9-15(19)18-14)7-6-11-12(16)4-3-5-13(11)17/h3-5,10,14H,6-9H2,1-2H3,(H,18,19). The fourth-order valence-corrected chi connectivity index (χ4v) is 3.86. The fraction of sp³-hybridized carbons (Fsp3) is 0.562. The highest BCUT2D eigenvalue weighted by molar-refractivity contribution is 5.82. The minimum Gasteiger partial charge on any atom is -0.352 e. The van der Waals surface area contributed by atoms with Gasteiger partial charge in [0.1, 0.15) is 5.82 Å². The number of nitrogens with one attached hydrogen (secondary N) is 1. The van der Waals surface area contributed by atoms with Gasteiger partial charge in [-0.05, 0) is 42.4 Å². The lowest BCUT2D eigenvalue weighted by atomic mass is 9.73. The molecule has 0 saturated carbocycles. The van der Waals surface area contributed by atoms with E-state index in [-0.39, 0.29) is 23.2 Å². The van der Waals surface area contributed by atoms with Crippen LogP contribution in [0.15, 0.2) is 18.2 Å². The maximum atomic E-state index is 13.9. The Morgan fingerprint density at radius 2 is 2.26 bits per heavy atom. The van der Waals surface area contributed by atoms with Crippen LogP contribution in [0.3, 0.4) is 0 Å². The highest BCUT2D eigenvalue weighted by Gasteiger charge is 2.51. The van der Waals surface area contributed by atoms with Gasteiger partial charge in [0.05, 0.1) is 0 Å². The molecular weight excluding hydrogens is 241 g/mol. The Labute approximate surface area is 113 Å². The second-order valence-electron chi connectivity index (χ2n) is 6.35. The maximum Gasteiger partial charge on any atom is 0.221 e. The average Bonchev–Trinajstić information content (AvgIpc) is 2.83. The molecule has 0 bridgehead atoms. The number of fused-ring (bicyclic) bond motifs is 2. The second-order valence-corrected chi connectivity index (χ2v) is 6.35. The van der Waals surface area contributed by atoms with Crippen molar-refractivity contribution in [2.45, 2.75) is 51.0 Å². The predicted molar refractivity (Wildman–Crippen MR) is 72.4 cm³/mol. The summed E-state index contributed by atoms with van der Waals surface area (Å²) in [5.74, 6) is 0.526. The first-order valence-corrected chi connectivity index (χ1v) is 7.10. The monoisotopic (exact) mass is 261 g/mol. The fourth-order valence-electron chi connectivity index (χ4n) is 3.86. The maximum absolute atomic E-state index is 13.9. The molecule has 3 rings (SSSR count). The first-order chi connectivity index (χ1) is 9.03. The summed E-state index contributed by atoms with van der Waals surface area (Å²) in [6.45, 7) is 4.33. The zero-order valence-corrected chi connectivity index (χ0v) is 11.5. The molecule has 1 aromatic rings. The molecule has 1 aromatic carbocycles. The molecule has 1 saturated heterocycles. The van der Waals surface area contributed by atoms with E-state index in [0.717, 1.165) is 30.4 Å². The van der Waals surface area contributed by atoms with E-state index >= 15 is 0 Å². The van der Waals surface area contributed by atoms with Gasteiger partial charge in [-0.25, -0.2) is 4.39 Å². The summed E-state index contributed by atoms with van der Waals surface area (Å²) in [5, 5.41) is 3.12. The number of hydrogen-bond acceptors (Lipinski definition) is 1. The Bertz CT molecular complexity index is 525. The molecule has 2 nitrogen and oxygen atoms in total. The molecule has 2 unspecified atom stereocenters. The molecule has 2 aliphatic rings. The Hall–Kier alpha value is -1.38. The van der Waals surface area contributed by atoms with Crippen molar-refractivity contribution >= 4 is 5.91 Å². The van der Waals surface area contributed by atoms with Crippen LogP contribution in [0, 0.1) is 11.7 Å². The summed E-state index contributed by atoms with van der Waals surface area (Å²) in [6, 6.07) is 5.47. The molecule has 1 aliphatic heterocycles. The predicted octanol–water partition coefficient (Wildman–Crippen LogP) is 2.94. The molecule has 1 N–H and O–H groups in total. The Kier molecular flexibility index (Phi) is 2.88. The van der Waals surface area contributed by atoms with Crippen molar-refractivity contribution in [1.82, 2.24) is 5.32 Å². The lowest BCUT2D eigenvalue weighted by Gasteiger charge is -2.32. The van der Waals surface area contributed by atoms with Gasteiger partial charge in [-0.1, -0.05) is 26.0 Å². The molecule has 1 spiro atoms. The number of hydrogen-bond donors (Lipinski definition) is 1. The average molecular weight is 261 g/mol. The summed E-state index contributed by atoms with van der Waals surface area (Å²) >= 11 is 0. The van der Waals surface area contributed by atoms with Crippen molar-refractivity contribution in [1.29, 1.82) is 0 Å². The highest BCUT2D eigenvalue weighted by Crippen LogP contribution is 2.48. The van der Waals surface area contributed by atoms with E-state index in [2.05, 4.69) is 19.2 Å². The van der Waals surface area contributed by atoms with E-state index in [4.69, 9.17) is 0 Å². The van der Waals surface area contributed by atoms with E-state index < -0.39 is 0 Å². The first kappa shape index (κ1) is 12.6. The Morgan fingerprint density at radius 1 is 1.47 bits per heavy atom. The van der Waals surface area contributed by atoms with Gasteiger partial charge < -0.3 is 5.32 Å². The molecule has 0 radical (unpaired) electrons. The Balaban J connectivity index is 2.05. The van der Waals surface area contributed by atoms with Gasteiger partial charge >= 0.3 is 0 Å². The first-order valence-electron chi connectivity index (χ1n) is 7.10. The van der Waals surface area contributed by atoms with E-state index in [1.165, 1.54) is 6.07 Å². The van der Waals surface area contributed by atoms with E-state index in [1.807, 2.05) is 6.07 Å². The van der Waals surface area contributed by atoms with Crippen LogP contribution in [-0.2, 0) is 16.6 Å². The quantitative estimate of drug-likeness (QED) is 0.871. The van der Waals surface area contributed by atoms with Crippen LogP contribution in [0.2, 0.25) is 0 Å². The molecule has 1 amide bonds. The number of benzene rings is 1. The van der Waals surface area contributed by atoms with Gasteiger partial charge in [0.25, 0.3) is 0 Å². The number of carbonyl (C=O) groups excluding carboxylic acids is 1. The van der Waals surface area contributed by atoms with Gasteiger partial charge in [-0.2, -0.15) is 0 Å². The van der Waals surface area contributed by atoms with Crippen molar-refractivity contribution in [2.75, 3.05) is 0 Å². The minimum atomic E-state index is -0.168. The van der Waals surface area contributed by atoms with Crippen LogP contribution < -0.4 is 5.32 Å². The number of rotatable bonds is 2. The topological polar surface area (TPSA) is 29.1 Å². The second kappa shape index (κ2) is 4.32. The summed E-state index contributed by atoms with van der Waals surface area (Å²) in [4.78, 5) is 11.9. The van der Waals surface area contributed by atoms with Gasteiger partial charge in [0.2, 0.25) is 5.91 Å². The van der Waals surface area contributed by atoms with Crippen molar-refractivity contribution < 1.29 is 9.18 Å². The zero-order chi connectivity index (χ0) is 13.6. The van der Waals surface area contributed by atoms with Crippen LogP contribution in [0.5, 0.6) is 0 Å². The molecule has 1 fully saturated rings. The third-order valence-electron chi connectivity index (χ3n) is 4.66. The van der Waals surface area contributed by atoms with Crippen LogP contribution in [0.4, 0.5) is 4.39 Å². The third-order valence-corrected chi connectivity index (χ3v) is 4.66. The number of carbonyl (C=O) groups is 1. The molecular formula is C16H20FNO. The van der Waals surface area contributed by atoms with Gasteiger partial charge in [0.15, 0.2) is 0 Å². The molecule has 3 heteroatoms. The molecule has 0 aromatic heterocycles. The van der Waals surface area contributed by atoms with Gasteiger partial charge in [-0.3, -0.25) is 4.79 Å². The van der Waals surface area contributed by atoms with E-state index in [9.17, 15) is 9.18 Å². The zero-order valence-electron chi connectivity index (χ0n) is 11.5. The normalized spacial score (nSPS) is 29.1. The molecule has 102 valence electrons. The molecule has 1 heterocycles. The minimum absolute atomic E-state index is 0.114. The van der Waals surface area contributed by atoms with E-state index in [0.29, 0.717) is 12.3 Å². The largest absolute Gasteiger partial charge is 0.352 e. The van der Waals surface area contributed by atoms with Crippen molar-refractivity contribution in [2.24, 2.45) is 5.92 Å². The highest BCUT2D eigenvalue weighted by atomic mass is 19.1.